The molecule has 1 rings (SSSR count). The third-order valence-electron chi connectivity index (χ3n) is 2.34. The van der Waals surface area contributed by atoms with E-state index in [0.717, 1.165) is 0 Å². The third-order valence-corrected chi connectivity index (χ3v) is 2.34. The fourth-order valence-corrected chi connectivity index (χ4v) is 1.42. The standard InChI is InChI=1S/C12H14O6/c1-3-8(12(15)16)18-10-7(11(13)14)5-4-6-9(10)17-2/h4-6,8H,3H2,1-2H3,(H,13,14)(H,15,16). The molecule has 0 aliphatic rings. The summed E-state index contributed by atoms with van der Waals surface area (Å²) >= 11 is 0. The summed E-state index contributed by atoms with van der Waals surface area (Å²) in [7, 11) is 1.36. The van der Waals surface area contributed by atoms with Crippen molar-refractivity contribution in [2.75, 3.05) is 7.11 Å². The summed E-state index contributed by atoms with van der Waals surface area (Å²) in [4.78, 5) is 21.9. The number of benzene rings is 1. The van der Waals surface area contributed by atoms with Crippen LogP contribution in [0.1, 0.15) is 23.7 Å². The Morgan fingerprint density at radius 2 is 2.00 bits per heavy atom. The van der Waals surface area contributed by atoms with E-state index < -0.39 is 18.0 Å². The van der Waals surface area contributed by atoms with Gasteiger partial charge in [0.1, 0.15) is 5.56 Å². The highest BCUT2D eigenvalue weighted by Gasteiger charge is 2.23. The summed E-state index contributed by atoms with van der Waals surface area (Å²) < 4.78 is 10.2. The molecular formula is C12H14O6. The van der Waals surface area contributed by atoms with Crippen molar-refractivity contribution in [2.45, 2.75) is 19.4 Å². The van der Waals surface area contributed by atoms with Crippen LogP contribution < -0.4 is 9.47 Å². The number of hydrogen-bond donors (Lipinski definition) is 2. The Morgan fingerprint density at radius 3 is 2.44 bits per heavy atom. The molecule has 0 aromatic heterocycles. The van der Waals surface area contributed by atoms with Gasteiger partial charge in [0.15, 0.2) is 17.6 Å². The molecule has 0 spiro atoms. The summed E-state index contributed by atoms with van der Waals surface area (Å²) in [5.74, 6) is -2.24. The first-order valence-electron chi connectivity index (χ1n) is 5.31. The summed E-state index contributed by atoms with van der Waals surface area (Å²) in [6.45, 7) is 1.63. The molecule has 1 aromatic rings. The largest absolute Gasteiger partial charge is 0.493 e. The number of hydrogen-bond acceptors (Lipinski definition) is 4. The number of methoxy groups -OCH3 is 1. The maximum Gasteiger partial charge on any atom is 0.344 e. The predicted molar refractivity (Wildman–Crippen MR) is 62.3 cm³/mol. The first kappa shape index (κ1) is 13.8. The average Bonchev–Trinajstić information content (AvgIpc) is 2.34. The van der Waals surface area contributed by atoms with Gasteiger partial charge >= 0.3 is 11.9 Å². The number of ether oxygens (including phenoxy) is 2. The van der Waals surface area contributed by atoms with Gasteiger partial charge < -0.3 is 19.7 Å². The summed E-state index contributed by atoms with van der Waals surface area (Å²) in [6, 6.07) is 4.34. The molecule has 0 aliphatic heterocycles. The van der Waals surface area contributed by atoms with E-state index in [1.165, 1.54) is 25.3 Å². The average molecular weight is 254 g/mol. The van der Waals surface area contributed by atoms with Crippen LogP contribution in [0.4, 0.5) is 0 Å². The summed E-state index contributed by atoms with van der Waals surface area (Å²) in [5, 5.41) is 17.9. The van der Waals surface area contributed by atoms with Crippen LogP contribution in [-0.4, -0.2) is 35.4 Å². The lowest BCUT2D eigenvalue weighted by Crippen LogP contribution is -2.27. The van der Waals surface area contributed by atoms with E-state index in [4.69, 9.17) is 19.7 Å². The minimum Gasteiger partial charge on any atom is -0.493 e. The van der Waals surface area contributed by atoms with Crippen molar-refractivity contribution >= 4 is 11.9 Å². The van der Waals surface area contributed by atoms with E-state index in [9.17, 15) is 9.59 Å². The van der Waals surface area contributed by atoms with Gasteiger partial charge in [-0.05, 0) is 18.6 Å². The van der Waals surface area contributed by atoms with Gasteiger partial charge in [0.05, 0.1) is 7.11 Å². The minimum absolute atomic E-state index is 0.0678. The van der Waals surface area contributed by atoms with Crippen LogP contribution in [0.5, 0.6) is 11.5 Å². The van der Waals surface area contributed by atoms with Crippen LogP contribution in [0.3, 0.4) is 0 Å². The van der Waals surface area contributed by atoms with Crippen molar-refractivity contribution in [3.05, 3.63) is 23.8 Å². The quantitative estimate of drug-likeness (QED) is 0.801. The predicted octanol–water partition coefficient (Wildman–Crippen LogP) is 1.64. The number of carboxylic acids is 2. The summed E-state index contributed by atoms with van der Waals surface area (Å²) in [5.41, 5.74) is -0.131. The molecule has 0 saturated heterocycles. The van der Waals surface area contributed by atoms with E-state index in [1.807, 2.05) is 0 Å². The van der Waals surface area contributed by atoms with Gasteiger partial charge in [0.25, 0.3) is 0 Å². The fourth-order valence-electron chi connectivity index (χ4n) is 1.42. The number of rotatable bonds is 6. The molecule has 0 heterocycles. The van der Waals surface area contributed by atoms with Gasteiger partial charge in [0.2, 0.25) is 0 Å². The van der Waals surface area contributed by atoms with E-state index in [1.54, 1.807) is 6.92 Å². The van der Waals surface area contributed by atoms with Crippen molar-refractivity contribution in [3.63, 3.8) is 0 Å². The van der Waals surface area contributed by atoms with E-state index in [0.29, 0.717) is 0 Å². The van der Waals surface area contributed by atoms with Crippen LogP contribution in [0.2, 0.25) is 0 Å². The number of aliphatic carboxylic acids is 1. The number of aromatic carboxylic acids is 1. The molecule has 0 amide bonds. The first-order chi connectivity index (χ1) is 8.51. The Hall–Kier alpha value is -2.24. The molecule has 18 heavy (non-hydrogen) atoms. The third kappa shape index (κ3) is 2.91. The second kappa shape index (κ2) is 5.90. The molecule has 0 saturated carbocycles. The molecule has 1 unspecified atom stereocenters. The highest BCUT2D eigenvalue weighted by molar-refractivity contribution is 5.92. The first-order valence-corrected chi connectivity index (χ1v) is 5.31. The Morgan fingerprint density at radius 1 is 1.33 bits per heavy atom. The van der Waals surface area contributed by atoms with E-state index in [2.05, 4.69) is 0 Å². The van der Waals surface area contributed by atoms with E-state index in [-0.39, 0.29) is 23.5 Å². The fraction of sp³-hybridized carbons (Fsp3) is 0.333. The molecular weight excluding hydrogens is 240 g/mol. The zero-order chi connectivity index (χ0) is 13.7. The molecule has 6 heteroatoms. The zero-order valence-electron chi connectivity index (χ0n) is 10.0. The maximum absolute atomic E-state index is 11.0. The normalized spacial score (nSPS) is 11.7. The minimum atomic E-state index is -1.20. The van der Waals surface area contributed by atoms with Crippen molar-refractivity contribution in [2.24, 2.45) is 0 Å². The van der Waals surface area contributed by atoms with Crippen LogP contribution in [-0.2, 0) is 4.79 Å². The number of carbonyl (C=O) groups is 2. The van der Waals surface area contributed by atoms with Gasteiger partial charge in [0, 0.05) is 0 Å². The second-order valence-electron chi connectivity index (χ2n) is 3.50. The Bertz CT molecular complexity index is 454. The molecule has 6 nitrogen and oxygen atoms in total. The van der Waals surface area contributed by atoms with Crippen molar-refractivity contribution in [1.82, 2.24) is 0 Å². The highest BCUT2D eigenvalue weighted by atomic mass is 16.5. The lowest BCUT2D eigenvalue weighted by Gasteiger charge is -2.17. The summed E-state index contributed by atoms with van der Waals surface area (Å²) in [6.07, 6.45) is -0.897. The lowest BCUT2D eigenvalue weighted by molar-refractivity contribution is -0.145. The Balaban J connectivity index is 3.19. The topological polar surface area (TPSA) is 93.1 Å². The van der Waals surface area contributed by atoms with Gasteiger partial charge in [-0.1, -0.05) is 13.0 Å². The number of carboxylic acid groups (broad SMARTS) is 2. The Kier molecular flexibility index (Phi) is 4.53. The van der Waals surface area contributed by atoms with Crippen molar-refractivity contribution < 1.29 is 29.3 Å². The molecule has 0 fully saturated rings. The highest BCUT2D eigenvalue weighted by Crippen LogP contribution is 2.32. The monoisotopic (exact) mass is 254 g/mol. The molecule has 98 valence electrons. The van der Waals surface area contributed by atoms with Crippen molar-refractivity contribution in [3.8, 4) is 11.5 Å². The zero-order valence-corrected chi connectivity index (χ0v) is 10.0. The molecule has 0 bridgehead atoms. The van der Waals surface area contributed by atoms with Gasteiger partial charge in [-0.2, -0.15) is 0 Å². The SMILES string of the molecule is CCC(Oc1c(OC)cccc1C(=O)O)C(=O)O. The Labute approximate surface area is 104 Å². The molecule has 1 atom stereocenters. The van der Waals surface area contributed by atoms with Crippen LogP contribution in [0.25, 0.3) is 0 Å². The molecule has 1 aromatic carbocycles. The number of para-hydroxylation sites is 1. The van der Waals surface area contributed by atoms with Crippen LogP contribution in [0.15, 0.2) is 18.2 Å². The maximum atomic E-state index is 11.0. The van der Waals surface area contributed by atoms with E-state index >= 15 is 0 Å². The smallest absolute Gasteiger partial charge is 0.344 e. The van der Waals surface area contributed by atoms with Crippen LogP contribution >= 0.6 is 0 Å². The lowest BCUT2D eigenvalue weighted by atomic mass is 10.1. The molecule has 0 aliphatic carbocycles. The van der Waals surface area contributed by atoms with Crippen LogP contribution in [0, 0.1) is 0 Å². The molecule has 0 radical (unpaired) electrons. The van der Waals surface area contributed by atoms with Gasteiger partial charge in [-0.15, -0.1) is 0 Å². The van der Waals surface area contributed by atoms with Crippen molar-refractivity contribution in [1.29, 1.82) is 0 Å². The van der Waals surface area contributed by atoms with Gasteiger partial charge in [-0.25, -0.2) is 9.59 Å². The molecule has 2 N–H and O–H groups in total. The van der Waals surface area contributed by atoms with Gasteiger partial charge in [-0.3, -0.25) is 0 Å². The second-order valence-corrected chi connectivity index (χ2v) is 3.50.